The molecule has 98 valence electrons. The van der Waals surface area contributed by atoms with Gasteiger partial charge in [-0.3, -0.25) is 4.79 Å². The monoisotopic (exact) mass is 264 g/mol. The maximum Gasteiger partial charge on any atom is 0.243 e. The maximum absolute atomic E-state index is 12.1. The zero-order valence-corrected chi connectivity index (χ0v) is 11.7. The molecule has 0 radical (unpaired) electrons. The molecule has 2 rings (SSSR count). The minimum absolute atomic E-state index is 0.111. The number of hydrogen-bond acceptors (Lipinski definition) is 3. The lowest BCUT2D eigenvalue weighted by molar-refractivity contribution is -0.122. The standard InChI is InChI=1S/C14H20N2OS/c1-10(7-8-18-2)15-14(17)13-9-11-5-3-4-6-12(11)16-13/h3-6,10,13,16H,7-9H2,1-2H3,(H,15,17)/t10?,13-/m0/s1. The first-order valence-electron chi connectivity index (χ1n) is 6.34. The van der Waals surface area contributed by atoms with Gasteiger partial charge in [0.05, 0.1) is 0 Å². The molecule has 1 heterocycles. The fourth-order valence-corrected chi connectivity index (χ4v) is 2.76. The zero-order chi connectivity index (χ0) is 13.0. The van der Waals surface area contributed by atoms with E-state index in [9.17, 15) is 4.79 Å². The van der Waals surface area contributed by atoms with Gasteiger partial charge in [-0.15, -0.1) is 0 Å². The zero-order valence-electron chi connectivity index (χ0n) is 10.9. The molecule has 0 bridgehead atoms. The van der Waals surface area contributed by atoms with Crippen LogP contribution in [-0.2, 0) is 11.2 Å². The Morgan fingerprint density at radius 3 is 3.06 bits per heavy atom. The summed E-state index contributed by atoms with van der Waals surface area (Å²) in [6.07, 6.45) is 3.90. The number of thioether (sulfide) groups is 1. The van der Waals surface area contributed by atoms with Crippen molar-refractivity contribution in [2.75, 3.05) is 17.3 Å². The molecule has 0 aromatic heterocycles. The van der Waals surface area contributed by atoms with Crippen LogP contribution in [0, 0.1) is 0 Å². The fourth-order valence-electron chi connectivity index (χ4n) is 2.17. The molecule has 18 heavy (non-hydrogen) atoms. The van der Waals surface area contributed by atoms with Gasteiger partial charge in [0.25, 0.3) is 0 Å². The Kier molecular flexibility index (Phi) is 4.53. The molecule has 0 aliphatic carbocycles. The largest absolute Gasteiger partial charge is 0.373 e. The minimum Gasteiger partial charge on any atom is -0.373 e. The smallest absolute Gasteiger partial charge is 0.243 e. The lowest BCUT2D eigenvalue weighted by atomic mass is 10.1. The van der Waals surface area contributed by atoms with Gasteiger partial charge in [-0.25, -0.2) is 0 Å². The van der Waals surface area contributed by atoms with Gasteiger partial charge in [-0.2, -0.15) is 11.8 Å². The average molecular weight is 264 g/mol. The van der Waals surface area contributed by atoms with Gasteiger partial charge in [0, 0.05) is 18.2 Å². The van der Waals surface area contributed by atoms with Crippen LogP contribution >= 0.6 is 11.8 Å². The Balaban J connectivity index is 1.85. The second-order valence-electron chi connectivity index (χ2n) is 4.75. The number of benzene rings is 1. The van der Waals surface area contributed by atoms with Crippen LogP contribution in [0.15, 0.2) is 24.3 Å². The van der Waals surface area contributed by atoms with E-state index in [1.54, 1.807) is 0 Å². The predicted octanol–water partition coefficient (Wildman–Crippen LogP) is 2.28. The van der Waals surface area contributed by atoms with E-state index >= 15 is 0 Å². The molecule has 1 aliphatic rings. The van der Waals surface area contributed by atoms with E-state index in [0.717, 1.165) is 24.3 Å². The molecule has 0 fully saturated rings. The number of carbonyl (C=O) groups excluding carboxylic acids is 1. The van der Waals surface area contributed by atoms with Crippen LogP contribution in [0.5, 0.6) is 0 Å². The van der Waals surface area contributed by atoms with Crippen molar-refractivity contribution in [1.82, 2.24) is 5.32 Å². The summed E-state index contributed by atoms with van der Waals surface area (Å²) in [5, 5.41) is 6.36. The van der Waals surface area contributed by atoms with Gasteiger partial charge in [-0.05, 0) is 37.0 Å². The van der Waals surface area contributed by atoms with E-state index in [1.165, 1.54) is 5.56 Å². The normalized spacial score (nSPS) is 18.9. The van der Waals surface area contributed by atoms with Crippen molar-refractivity contribution in [2.45, 2.75) is 31.8 Å². The van der Waals surface area contributed by atoms with Gasteiger partial charge in [0.2, 0.25) is 5.91 Å². The van der Waals surface area contributed by atoms with Crippen LogP contribution in [0.4, 0.5) is 5.69 Å². The van der Waals surface area contributed by atoms with E-state index in [1.807, 2.05) is 30.0 Å². The van der Waals surface area contributed by atoms with Gasteiger partial charge in [-0.1, -0.05) is 18.2 Å². The van der Waals surface area contributed by atoms with Crippen LogP contribution in [0.2, 0.25) is 0 Å². The highest BCUT2D eigenvalue weighted by Gasteiger charge is 2.26. The first-order chi connectivity index (χ1) is 8.70. The number of rotatable bonds is 5. The van der Waals surface area contributed by atoms with Crippen molar-refractivity contribution >= 4 is 23.4 Å². The molecular weight excluding hydrogens is 244 g/mol. The number of hydrogen-bond donors (Lipinski definition) is 2. The lowest BCUT2D eigenvalue weighted by Crippen LogP contribution is -2.43. The quantitative estimate of drug-likeness (QED) is 0.857. The molecule has 1 aromatic carbocycles. The summed E-state index contributed by atoms with van der Waals surface area (Å²) in [6, 6.07) is 8.25. The van der Waals surface area contributed by atoms with Gasteiger partial charge in [0.1, 0.15) is 6.04 Å². The van der Waals surface area contributed by atoms with Crippen LogP contribution in [0.1, 0.15) is 18.9 Å². The molecule has 0 saturated heterocycles. The summed E-state index contributed by atoms with van der Waals surface area (Å²) in [5.41, 5.74) is 2.32. The molecule has 0 spiro atoms. The Bertz CT molecular complexity index is 397. The summed E-state index contributed by atoms with van der Waals surface area (Å²) in [7, 11) is 0. The van der Waals surface area contributed by atoms with Gasteiger partial charge in [0.15, 0.2) is 0 Å². The van der Waals surface area contributed by atoms with E-state index in [-0.39, 0.29) is 18.0 Å². The first kappa shape index (κ1) is 13.3. The molecule has 1 aromatic rings. The van der Waals surface area contributed by atoms with E-state index < -0.39 is 0 Å². The van der Waals surface area contributed by atoms with E-state index in [2.05, 4.69) is 29.9 Å². The van der Waals surface area contributed by atoms with E-state index in [4.69, 9.17) is 0 Å². The Labute approximate surface area is 113 Å². The number of carbonyl (C=O) groups is 1. The average Bonchev–Trinajstić information content (AvgIpc) is 2.80. The number of nitrogens with one attached hydrogen (secondary N) is 2. The third kappa shape index (κ3) is 3.19. The minimum atomic E-state index is -0.112. The predicted molar refractivity (Wildman–Crippen MR) is 78.2 cm³/mol. The molecular formula is C14H20N2OS. The Hall–Kier alpha value is -1.16. The number of para-hydroxylation sites is 1. The first-order valence-corrected chi connectivity index (χ1v) is 7.74. The highest BCUT2D eigenvalue weighted by molar-refractivity contribution is 7.98. The van der Waals surface area contributed by atoms with E-state index in [0.29, 0.717) is 0 Å². The van der Waals surface area contributed by atoms with Gasteiger partial charge >= 0.3 is 0 Å². The topological polar surface area (TPSA) is 41.1 Å². The molecule has 2 N–H and O–H groups in total. The summed E-state index contributed by atoms with van der Waals surface area (Å²) in [5.74, 6) is 1.19. The second-order valence-corrected chi connectivity index (χ2v) is 5.73. The van der Waals surface area contributed by atoms with Crippen molar-refractivity contribution in [3.8, 4) is 0 Å². The van der Waals surface area contributed by atoms with Crippen molar-refractivity contribution in [3.63, 3.8) is 0 Å². The number of anilines is 1. The van der Waals surface area contributed by atoms with Crippen LogP contribution < -0.4 is 10.6 Å². The SMILES string of the molecule is CSCCC(C)NC(=O)[C@@H]1Cc2ccccc2N1. The number of amides is 1. The third-order valence-corrected chi connectivity index (χ3v) is 3.88. The fraction of sp³-hybridized carbons (Fsp3) is 0.500. The molecule has 1 aliphatic heterocycles. The van der Waals surface area contributed by atoms with Crippen molar-refractivity contribution < 1.29 is 4.79 Å². The van der Waals surface area contributed by atoms with Crippen molar-refractivity contribution in [1.29, 1.82) is 0 Å². The number of fused-ring (bicyclic) bond motifs is 1. The molecule has 1 unspecified atom stereocenters. The van der Waals surface area contributed by atoms with Crippen molar-refractivity contribution in [2.24, 2.45) is 0 Å². The van der Waals surface area contributed by atoms with Crippen LogP contribution in [0.3, 0.4) is 0 Å². The Morgan fingerprint density at radius 2 is 2.33 bits per heavy atom. The highest BCUT2D eigenvalue weighted by atomic mass is 32.2. The summed E-state index contributed by atoms with van der Waals surface area (Å²) >= 11 is 1.81. The van der Waals surface area contributed by atoms with Crippen LogP contribution in [-0.4, -0.2) is 30.0 Å². The molecule has 1 amide bonds. The molecule has 3 nitrogen and oxygen atoms in total. The summed E-state index contributed by atoms with van der Waals surface area (Å²) in [6.45, 7) is 2.07. The molecule has 0 saturated carbocycles. The van der Waals surface area contributed by atoms with Gasteiger partial charge < -0.3 is 10.6 Å². The lowest BCUT2D eigenvalue weighted by Gasteiger charge is -2.17. The summed E-state index contributed by atoms with van der Waals surface area (Å²) in [4.78, 5) is 12.1. The molecule has 4 heteroatoms. The van der Waals surface area contributed by atoms with Crippen LogP contribution in [0.25, 0.3) is 0 Å². The Morgan fingerprint density at radius 1 is 1.56 bits per heavy atom. The van der Waals surface area contributed by atoms with Crippen molar-refractivity contribution in [3.05, 3.63) is 29.8 Å². The maximum atomic E-state index is 12.1. The third-order valence-electron chi connectivity index (χ3n) is 3.23. The molecule has 2 atom stereocenters. The second kappa shape index (κ2) is 6.14. The summed E-state index contributed by atoms with van der Waals surface area (Å²) < 4.78 is 0. The highest BCUT2D eigenvalue weighted by Crippen LogP contribution is 2.25.